The highest BCUT2D eigenvalue weighted by atomic mass is 79.9. The lowest BCUT2D eigenvalue weighted by molar-refractivity contribution is -0.142. The van der Waals surface area contributed by atoms with Gasteiger partial charge in [0, 0.05) is 10.9 Å². The number of carboxylic acids is 1. The third kappa shape index (κ3) is 5.07. The van der Waals surface area contributed by atoms with Gasteiger partial charge in [-0.05, 0) is 24.6 Å². The number of ether oxygens (including phenoxy) is 1. The van der Waals surface area contributed by atoms with Crippen molar-refractivity contribution in [2.45, 2.75) is 18.9 Å². The van der Waals surface area contributed by atoms with Crippen molar-refractivity contribution in [3.05, 3.63) is 28.2 Å². The number of phenolic OH excluding ortho intramolecular Hbond substituents is 1. The van der Waals surface area contributed by atoms with E-state index in [4.69, 9.17) is 5.11 Å². The van der Waals surface area contributed by atoms with Gasteiger partial charge in [0.1, 0.15) is 11.8 Å². The number of nitrogens with one attached hydrogen (secondary N) is 1. The summed E-state index contributed by atoms with van der Waals surface area (Å²) in [5.74, 6) is -2.86. The molecule has 114 valence electrons. The van der Waals surface area contributed by atoms with Crippen molar-refractivity contribution in [1.29, 1.82) is 0 Å². The quantitative estimate of drug-likeness (QED) is 0.659. The summed E-state index contributed by atoms with van der Waals surface area (Å²) in [6.45, 7) is 0. The molecule has 3 N–H and O–H groups in total. The van der Waals surface area contributed by atoms with Gasteiger partial charge in [-0.3, -0.25) is 9.59 Å². The zero-order valence-corrected chi connectivity index (χ0v) is 12.7. The Balaban J connectivity index is 2.79. The summed E-state index contributed by atoms with van der Waals surface area (Å²) in [5.41, 5.74) is -0.0614. The molecule has 1 rings (SSSR count). The second-order valence-electron chi connectivity index (χ2n) is 4.14. The molecule has 0 saturated carbocycles. The third-order valence-corrected chi connectivity index (χ3v) is 3.16. The number of phenols is 1. The number of aliphatic carboxylic acids is 1. The molecule has 7 nitrogen and oxygen atoms in total. The molecule has 0 spiro atoms. The van der Waals surface area contributed by atoms with E-state index in [1.54, 1.807) is 0 Å². The van der Waals surface area contributed by atoms with E-state index in [0.717, 1.165) is 0 Å². The summed E-state index contributed by atoms with van der Waals surface area (Å²) in [7, 11) is 1.19. The highest BCUT2D eigenvalue weighted by Crippen LogP contribution is 2.21. The fourth-order valence-corrected chi connectivity index (χ4v) is 1.91. The van der Waals surface area contributed by atoms with Gasteiger partial charge in [-0.1, -0.05) is 15.9 Å². The number of carboxylic acid groups (broad SMARTS) is 1. The molecule has 0 aliphatic carbocycles. The van der Waals surface area contributed by atoms with Crippen molar-refractivity contribution in [1.82, 2.24) is 5.32 Å². The van der Waals surface area contributed by atoms with Crippen LogP contribution in [0.3, 0.4) is 0 Å². The Labute approximate surface area is 129 Å². The minimum atomic E-state index is -1.28. The molecule has 1 atom stereocenters. The molecule has 21 heavy (non-hydrogen) atoms. The van der Waals surface area contributed by atoms with Gasteiger partial charge in [0.25, 0.3) is 5.91 Å². The van der Waals surface area contributed by atoms with E-state index in [0.29, 0.717) is 4.47 Å². The Hall–Kier alpha value is -2.09. The van der Waals surface area contributed by atoms with Crippen molar-refractivity contribution in [2.24, 2.45) is 0 Å². The van der Waals surface area contributed by atoms with Crippen LogP contribution in [0.2, 0.25) is 0 Å². The molecule has 0 fully saturated rings. The highest BCUT2D eigenvalue weighted by Gasteiger charge is 2.23. The lowest BCUT2D eigenvalue weighted by atomic mass is 10.1. The van der Waals surface area contributed by atoms with E-state index in [1.807, 2.05) is 0 Å². The fourth-order valence-electron chi connectivity index (χ4n) is 1.55. The largest absolute Gasteiger partial charge is 0.507 e. The number of esters is 1. The van der Waals surface area contributed by atoms with Crippen molar-refractivity contribution < 1.29 is 29.3 Å². The number of methoxy groups -OCH3 is 1. The van der Waals surface area contributed by atoms with Crippen molar-refractivity contribution in [3.63, 3.8) is 0 Å². The van der Waals surface area contributed by atoms with Crippen LogP contribution in [0, 0.1) is 0 Å². The predicted octanol–water partition coefficient (Wildman–Crippen LogP) is 1.29. The van der Waals surface area contributed by atoms with Crippen LogP contribution in [0.15, 0.2) is 22.7 Å². The normalized spacial score (nSPS) is 11.5. The van der Waals surface area contributed by atoms with Gasteiger partial charge in [0.05, 0.1) is 12.7 Å². The molecule has 0 heterocycles. The third-order valence-electron chi connectivity index (χ3n) is 2.67. The molecule has 0 saturated heterocycles. The number of carbonyl (C=O) groups excluding carboxylic acids is 2. The summed E-state index contributed by atoms with van der Waals surface area (Å²) in [6, 6.07) is 2.96. The summed E-state index contributed by atoms with van der Waals surface area (Å²) >= 11 is 3.15. The average Bonchev–Trinajstić information content (AvgIpc) is 2.44. The molecule has 0 unspecified atom stereocenters. The summed E-state index contributed by atoms with van der Waals surface area (Å²) in [5, 5.41) is 20.9. The number of rotatable bonds is 6. The van der Waals surface area contributed by atoms with Crippen LogP contribution in [-0.4, -0.2) is 41.2 Å². The van der Waals surface area contributed by atoms with Crippen molar-refractivity contribution in [2.75, 3.05) is 7.11 Å². The topological polar surface area (TPSA) is 113 Å². The number of hydrogen-bond acceptors (Lipinski definition) is 5. The van der Waals surface area contributed by atoms with Crippen LogP contribution in [0.4, 0.5) is 0 Å². The van der Waals surface area contributed by atoms with E-state index in [9.17, 15) is 19.5 Å². The van der Waals surface area contributed by atoms with Gasteiger partial charge in [0.2, 0.25) is 0 Å². The zero-order chi connectivity index (χ0) is 16.0. The minimum absolute atomic E-state index is 0.0614. The number of benzene rings is 1. The Kier molecular flexibility index (Phi) is 6.16. The molecule has 0 aromatic heterocycles. The van der Waals surface area contributed by atoms with Crippen LogP contribution >= 0.6 is 15.9 Å². The first-order chi connectivity index (χ1) is 9.85. The highest BCUT2D eigenvalue weighted by molar-refractivity contribution is 9.10. The lowest BCUT2D eigenvalue weighted by Gasteiger charge is -2.14. The van der Waals surface area contributed by atoms with E-state index >= 15 is 0 Å². The second-order valence-corrected chi connectivity index (χ2v) is 5.06. The van der Waals surface area contributed by atoms with Gasteiger partial charge >= 0.3 is 11.9 Å². The van der Waals surface area contributed by atoms with Crippen LogP contribution in [0.5, 0.6) is 5.75 Å². The standard InChI is InChI=1S/C13H14BrNO6/c1-21-11(17)5-3-9(13(19)20)15-12(18)8-6-7(14)2-4-10(8)16/h2,4,6,9,16H,3,5H2,1H3,(H,15,18)(H,19,20)/t9-/m0/s1. The van der Waals surface area contributed by atoms with Crippen LogP contribution < -0.4 is 5.32 Å². The zero-order valence-electron chi connectivity index (χ0n) is 11.1. The van der Waals surface area contributed by atoms with Crippen LogP contribution in [0.1, 0.15) is 23.2 Å². The molecular formula is C13H14BrNO6. The SMILES string of the molecule is COC(=O)CC[C@H](NC(=O)c1cc(Br)ccc1O)C(=O)O. The van der Waals surface area contributed by atoms with E-state index in [2.05, 4.69) is 26.0 Å². The van der Waals surface area contributed by atoms with Gasteiger partial charge < -0.3 is 20.3 Å². The van der Waals surface area contributed by atoms with Crippen LogP contribution in [-0.2, 0) is 14.3 Å². The first kappa shape index (κ1) is 17.0. The van der Waals surface area contributed by atoms with E-state index in [1.165, 1.54) is 25.3 Å². The Morgan fingerprint density at radius 2 is 2.05 bits per heavy atom. The lowest BCUT2D eigenvalue weighted by Crippen LogP contribution is -2.41. The molecule has 0 radical (unpaired) electrons. The number of carbonyl (C=O) groups is 3. The fraction of sp³-hybridized carbons (Fsp3) is 0.308. The minimum Gasteiger partial charge on any atom is -0.507 e. The van der Waals surface area contributed by atoms with Crippen molar-refractivity contribution in [3.8, 4) is 5.75 Å². The predicted molar refractivity (Wildman–Crippen MR) is 75.9 cm³/mol. The maximum Gasteiger partial charge on any atom is 0.326 e. The number of hydrogen-bond donors (Lipinski definition) is 3. The molecule has 1 amide bonds. The second kappa shape index (κ2) is 7.63. The molecule has 0 aliphatic rings. The Bertz CT molecular complexity index is 560. The molecule has 1 aromatic carbocycles. The van der Waals surface area contributed by atoms with Crippen LogP contribution in [0.25, 0.3) is 0 Å². The van der Waals surface area contributed by atoms with Crippen molar-refractivity contribution >= 4 is 33.8 Å². The molecule has 0 aliphatic heterocycles. The maximum atomic E-state index is 12.0. The molecule has 0 bridgehead atoms. The summed E-state index contributed by atoms with van der Waals surface area (Å²) < 4.78 is 4.98. The van der Waals surface area contributed by atoms with Gasteiger partial charge in [-0.25, -0.2) is 4.79 Å². The number of amides is 1. The molecule has 1 aromatic rings. The molecule has 8 heteroatoms. The number of halogens is 1. The van der Waals surface area contributed by atoms with Gasteiger partial charge in [-0.2, -0.15) is 0 Å². The molecular weight excluding hydrogens is 346 g/mol. The first-order valence-corrected chi connectivity index (χ1v) is 6.73. The smallest absolute Gasteiger partial charge is 0.326 e. The van der Waals surface area contributed by atoms with Gasteiger partial charge in [0.15, 0.2) is 0 Å². The summed E-state index contributed by atoms with van der Waals surface area (Å²) in [6.07, 6.45) is -0.249. The monoisotopic (exact) mass is 359 g/mol. The number of aromatic hydroxyl groups is 1. The maximum absolute atomic E-state index is 12.0. The Morgan fingerprint density at radius 3 is 2.62 bits per heavy atom. The average molecular weight is 360 g/mol. The van der Waals surface area contributed by atoms with Gasteiger partial charge in [-0.15, -0.1) is 0 Å². The summed E-state index contributed by atoms with van der Waals surface area (Å²) in [4.78, 5) is 34.1. The first-order valence-electron chi connectivity index (χ1n) is 5.94. The van der Waals surface area contributed by atoms with E-state index < -0.39 is 23.9 Å². The Morgan fingerprint density at radius 1 is 1.38 bits per heavy atom. The van der Waals surface area contributed by atoms with E-state index in [-0.39, 0.29) is 24.2 Å².